The molecule has 0 saturated carbocycles. The zero-order valence-corrected chi connectivity index (χ0v) is 15.5. The number of nitrogens with one attached hydrogen (secondary N) is 2. The molecular formula is C18H36N4O2. The van der Waals surface area contributed by atoms with Gasteiger partial charge in [0.1, 0.15) is 0 Å². The molecule has 2 heterocycles. The van der Waals surface area contributed by atoms with Gasteiger partial charge in [0.05, 0.1) is 13.2 Å². The lowest BCUT2D eigenvalue weighted by molar-refractivity contribution is 0.131. The minimum Gasteiger partial charge on any atom is -0.396 e. The highest BCUT2D eigenvalue weighted by Crippen LogP contribution is 2.32. The van der Waals surface area contributed by atoms with Gasteiger partial charge in [-0.3, -0.25) is 4.99 Å². The number of hydrogen-bond donors (Lipinski definition) is 3. The van der Waals surface area contributed by atoms with E-state index >= 15 is 0 Å². The zero-order chi connectivity index (χ0) is 17.3. The lowest BCUT2D eigenvalue weighted by atomic mass is 9.84. The van der Waals surface area contributed by atoms with Crippen molar-refractivity contribution >= 4 is 5.96 Å². The first-order valence-corrected chi connectivity index (χ1v) is 9.60. The monoisotopic (exact) mass is 340 g/mol. The molecule has 0 radical (unpaired) electrons. The Balaban J connectivity index is 1.80. The summed E-state index contributed by atoms with van der Waals surface area (Å²) >= 11 is 0. The number of nitrogens with zero attached hydrogens (tertiary/aromatic N) is 2. The van der Waals surface area contributed by atoms with Crippen LogP contribution in [0.5, 0.6) is 0 Å². The molecule has 0 aromatic rings. The molecule has 0 amide bonds. The lowest BCUT2D eigenvalue weighted by Gasteiger charge is -2.25. The van der Waals surface area contributed by atoms with E-state index in [1.807, 2.05) is 0 Å². The maximum atomic E-state index is 9.33. The van der Waals surface area contributed by atoms with Gasteiger partial charge in [-0.2, -0.15) is 0 Å². The van der Waals surface area contributed by atoms with E-state index in [9.17, 15) is 5.11 Å². The van der Waals surface area contributed by atoms with E-state index in [4.69, 9.17) is 9.73 Å². The molecule has 0 aromatic heterocycles. The summed E-state index contributed by atoms with van der Waals surface area (Å²) in [5.41, 5.74) is 0.0122. The Labute approximate surface area is 147 Å². The Morgan fingerprint density at radius 3 is 2.75 bits per heavy atom. The molecule has 2 saturated heterocycles. The largest absolute Gasteiger partial charge is 0.396 e. The molecule has 0 bridgehead atoms. The summed E-state index contributed by atoms with van der Waals surface area (Å²) in [6.45, 7) is 12.3. The zero-order valence-electron chi connectivity index (χ0n) is 15.5. The Hall–Kier alpha value is -0.850. The predicted molar refractivity (Wildman–Crippen MR) is 98.4 cm³/mol. The van der Waals surface area contributed by atoms with Gasteiger partial charge < -0.3 is 25.4 Å². The van der Waals surface area contributed by atoms with Crippen LogP contribution < -0.4 is 10.6 Å². The molecule has 6 nitrogen and oxygen atoms in total. The maximum Gasteiger partial charge on any atom is 0.191 e. The van der Waals surface area contributed by atoms with Gasteiger partial charge in [-0.05, 0) is 51.6 Å². The minimum absolute atomic E-state index is 0.0122. The summed E-state index contributed by atoms with van der Waals surface area (Å²) in [4.78, 5) is 7.34. The standard InChI is InChI=1S/C18H36N4O2/c1-3-19-17(20-12-16(2)13-22-8-4-5-9-22)21-14-18(6-10-23)7-11-24-15-18/h16,23H,3-15H2,1-2H3,(H2,19,20,21). The fourth-order valence-electron chi connectivity index (χ4n) is 3.62. The van der Waals surface area contributed by atoms with Crippen molar-refractivity contribution in [2.75, 3.05) is 59.1 Å². The number of hydrogen-bond acceptors (Lipinski definition) is 4. The topological polar surface area (TPSA) is 69.1 Å². The highest BCUT2D eigenvalue weighted by atomic mass is 16.5. The third-order valence-electron chi connectivity index (χ3n) is 5.13. The first-order chi connectivity index (χ1) is 11.7. The number of rotatable bonds is 9. The van der Waals surface area contributed by atoms with Gasteiger partial charge in [-0.25, -0.2) is 0 Å². The Morgan fingerprint density at radius 2 is 2.12 bits per heavy atom. The van der Waals surface area contributed by atoms with Gasteiger partial charge in [0.15, 0.2) is 5.96 Å². The van der Waals surface area contributed by atoms with Gasteiger partial charge in [0, 0.05) is 38.3 Å². The third kappa shape index (κ3) is 6.22. The van der Waals surface area contributed by atoms with Gasteiger partial charge in [0.2, 0.25) is 0 Å². The van der Waals surface area contributed by atoms with Gasteiger partial charge in [-0.1, -0.05) is 6.92 Å². The number of aliphatic imine (C=N–C) groups is 1. The third-order valence-corrected chi connectivity index (χ3v) is 5.13. The summed E-state index contributed by atoms with van der Waals surface area (Å²) < 4.78 is 5.55. The molecule has 2 atom stereocenters. The molecule has 3 N–H and O–H groups in total. The molecule has 2 aliphatic rings. The molecule has 6 heteroatoms. The van der Waals surface area contributed by atoms with Crippen LogP contribution in [0.1, 0.15) is 39.5 Å². The Kier molecular flexibility index (Phi) is 8.29. The van der Waals surface area contributed by atoms with Gasteiger partial charge in [0.25, 0.3) is 0 Å². The molecule has 140 valence electrons. The molecule has 0 aliphatic carbocycles. The van der Waals surface area contributed by atoms with Crippen molar-refractivity contribution in [1.29, 1.82) is 0 Å². The van der Waals surface area contributed by atoms with Crippen LogP contribution in [0.3, 0.4) is 0 Å². The Bertz CT molecular complexity index is 377. The normalized spacial score (nSPS) is 26.7. The Morgan fingerprint density at radius 1 is 1.33 bits per heavy atom. The van der Waals surface area contributed by atoms with E-state index in [1.165, 1.54) is 25.9 Å². The number of ether oxygens (including phenoxy) is 1. The summed E-state index contributed by atoms with van der Waals surface area (Å²) in [7, 11) is 0. The van der Waals surface area contributed by atoms with Crippen molar-refractivity contribution in [3.63, 3.8) is 0 Å². The fraction of sp³-hybridized carbons (Fsp3) is 0.944. The van der Waals surface area contributed by atoms with Gasteiger partial charge in [-0.15, -0.1) is 0 Å². The summed E-state index contributed by atoms with van der Waals surface area (Å²) in [5, 5.41) is 16.2. The van der Waals surface area contributed by atoms with Crippen molar-refractivity contribution in [3.8, 4) is 0 Å². The van der Waals surface area contributed by atoms with Crippen molar-refractivity contribution < 1.29 is 9.84 Å². The number of guanidine groups is 1. The van der Waals surface area contributed by atoms with Crippen molar-refractivity contribution in [2.24, 2.45) is 16.3 Å². The van der Waals surface area contributed by atoms with Crippen molar-refractivity contribution in [1.82, 2.24) is 15.5 Å². The second-order valence-electron chi connectivity index (χ2n) is 7.47. The lowest BCUT2D eigenvalue weighted by Crippen LogP contribution is -2.42. The van der Waals surface area contributed by atoms with E-state index in [-0.39, 0.29) is 12.0 Å². The van der Waals surface area contributed by atoms with E-state index in [1.54, 1.807) is 0 Å². The second kappa shape index (κ2) is 10.2. The summed E-state index contributed by atoms with van der Waals surface area (Å²) in [6.07, 6.45) is 4.45. The van der Waals surface area contributed by atoms with Crippen LogP contribution >= 0.6 is 0 Å². The molecular weight excluding hydrogens is 304 g/mol. The highest BCUT2D eigenvalue weighted by molar-refractivity contribution is 5.79. The van der Waals surface area contributed by atoms with E-state index < -0.39 is 0 Å². The minimum atomic E-state index is 0.0122. The smallest absolute Gasteiger partial charge is 0.191 e. The van der Waals surface area contributed by atoms with Crippen LogP contribution in [0.15, 0.2) is 4.99 Å². The summed E-state index contributed by atoms with van der Waals surface area (Å²) in [5.74, 6) is 1.49. The van der Waals surface area contributed by atoms with Crippen molar-refractivity contribution in [2.45, 2.75) is 39.5 Å². The molecule has 2 rings (SSSR count). The molecule has 24 heavy (non-hydrogen) atoms. The first-order valence-electron chi connectivity index (χ1n) is 9.60. The van der Waals surface area contributed by atoms with E-state index in [2.05, 4.69) is 29.4 Å². The van der Waals surface area contributed by atoms with E-state index in [0.717, 1.165) is 45.0 Å². The molecule has 2 aliphatic heterocycles. The predicted octanol–water partition coefficient (Wildman–Crippen LogP) is 1.06. The SMILES string of the molecule is CCNC(=NCC1(CCO)CCOC1)NCC(C)CN1CCCC1. The van der Waals surface area contributed by atoms with Crippen molar-refractivity contribution in [3.05, 3.63) is 0 Å². The summed E-state index contributed by atoms with van der Waals surface area (Å²) in [6, 6.07) is 0. The number of aliphatic hydroxyl groups is 1. The second-order valence-corrected chi connectivity index (χ2v) is 7.47. The first kappa shape index (κ1) is 19.5. The average Bonchev–Trinajstić information content (AvgIpc) is 3.23. The average molecular weight is 341 g/mol. The number of likely N-dealkylation sites (tertiary alicyclic amines) is 1. The van der Waals surface area contributed by atoms with Gasteiger partial charge >= 0.3 is 0 Å². The molecule has 0 spiro atoms. The quantitative estimate of drug-likeness (QED) is 0.433. The fourth-order valence-corrected chi connectivity index (χ4v) is 3.62. The van der Waals surface area contributed by atoms with Crippen LogP contribution in [0, 0.1) is 11.3 Å². The van der Waals surface area contributed by atoms with Crippen LogP contribution in [0.2, 0.25) is 0 Å². The van der Waals surface area contributed by atoms with Crippen LogP contribution in [0.25, 0.3) is 0 Å². The molecule has 2 fully saturated rings. The van der Waals surface area contributed by atoms with Crippen LogP contribution in [-0.2, 0) is 4.74 Å². The maximum absolute atomic E-state index is 9.33. The molecule has 2 unspecified atom stereocenters. The molecule has 0 aromatic carbocycles. The van der Waals surface area contributed by atoms with E-state index in [0.29, 0.717) is 19.1 Å². The highest BCUT2D eigenvalue weighted by Gasteiger charge is 2.34. The van der Waals surface area contributed by atoms with Crippen LogP contribution in [-0.4, -0.2) is 75.1 Å². The van der Waals surface area contributed by atoms with Crippen LogP contribution in [0.4, 0.5) is 0 Å². The number of aliphatic hydroxyl groups excluding tert-OH is 1.